The molecular formula is C10H14BrN3O3. The predicted molar refractivity (Wildman–Crippen MR) is 68.1 cm³/mol. The number of nitrogens with zero attached hydrogens (tertiary/aromatic N) is 1. The topological polar surface area (TPSA) is 83.4 Å². The quantitative estimate of drug-likeness (QED) is 0.714. The van der Waals surface area contributed by atoms with Crippen LogP contribution in [0.25, 0.3) is 0 Å². The van der Waals surface area contributed by atoms with Crippen molar-refractivity contribution in [2.45, 2.75) is 6.42 Å². The highest BCUT2D eigenvalue weighted by molar-refractivity contribution is 9.10. The van der Waals surface area contributed by atoms with E-state index in [0.717, 1.165) is 0 Å². The smallest absolute Gasteiger partial charge is 0.319 e. The van der Waals surface area contributed by atoms with Crippen LogP contribution in [0.3, 0.4) is 0 Å². The van der Waals surface area contributed by atoms with Crippen molar-refractivity contribution in [1.29, 1.82) is 0 Å². The zero-order valence-corrected chi connectivity index (χ0v) is 11.0. The Labute approximate surface area is 107 Å². The molecule has 1 rings (SSSR count). The van der Waals surface area contributed by atoms with E-state index >= 15 is 0 Å². The molecule has 1 heterocycles. The second-order valence-corrected chi connectivity index (χ2v) is 4.31. The molecule has 0 aliphatic carbocycles. The van der Waals surface area contributed by atoms with Gasteiger partial charge in [0.2, 0.25) is 0 Å². The van der Waals surface area contributed by atoms with E-state index in [-0.39, 0.29) is 18.2 Å². The molecule has 0 spiro atoms. The molecule has 1 aromatic heterocycles. The van der Waals surface area contributed by atoms with Gasteiger partial charge in [0.05, 0.1) is 10.2 Å². The van der Waals surface area contributed by atoms with Crippen LogP contribution in [-0.2, 0) is 7.05 Å². The molecular weight excluding hydrogens is 290 g/mol. The van der Waals surface area contributed by atoms with E-state index in [2.05, 4.69) is 26.6 Å². The molecule has 6 nitrogen and oxygen atoms in total. The van der Waals surface area contributed by atoms with Gasteiger partial charge in [-0.2, -0.15) is 0 Å². The molecule has 0 aliphatic heterocycles. The molecule has 1 aromatic rings. The van der Waals surface area contributed by atoms with Gasteiger partial charge in [0.25, 0.3) is 5.56 Å². The van der Waals surface area contributed by atoms with Crippen LogP contribution in [0.2, 0.25) is 0 Å². The van der Waals surface area contributed by atoms with E-state index in [1.807, 2.05) is 0 Å². The van der Waals surface area contributed by atoms with Gasteiger partial charge in [0.1, 0.15) is 0 Å². The first-order valence-electron chi connectivity index (χ1n) is 5.06. The summed E-state index contributed by atoms with van der Waals surface area (Å²) >= 11 is 3.11. The Balaban J connectivity index is 2.63. The van der Waals surface area contributed by atoms with E-state index in [9.17, 15) is 9.59 Å². The van der Waals surface area contributed by atoms with Gasteiger partial charge < -0.3 is 20.3 Å². The molecule has 0 saturated heterocycles. The first-order chi connectivity index (χ1) is 8.04. The second-order valence-electron chi connectivity index (χ2n) is 3.45. The van der Waals surface area contributed by atoms with Gasteiger partial charge in [-0.15, -0.1) is 0 Å². The largest absolute Gasteiger partial charge is 0.396 e. The third-order valence-corrected chi connectivity index (χ3v) is 2.59. The Bertz CT molecular complexity index is 432. The third-order valence-electron chi connectivity index (χ3n) is 2.02. The average Bonchev–Trinajstić information content (AvgIpc) is 2.26. The Morgan fingerprint density at radius 1 is 1.59 bits per heavy atom. The van der Waals surface area contributed by atoms with Gasteiger partial charge in [0, 0.05) is 26.4 Å². The van der Waals surface area contributed by atoms with E-state index in [0.29, 0.717) is 23.1 Å². The number of pyridine rings is 1. The molecule has 3 N–H and O–H groups in total. The number of anilines is 1. The highest BCUT2D eigenvalue weighted by atomic mass is 79.9. The maximum atomic E-state index is 11.4. The monoisotopic (exact) mass is 303 g/mol. The van der Waals surface area contributed by atoms with E-state index in [1.54, 1.807) is 7.05 Å². The summed E-state index contributed by atoms with van der Waals surface area (Å²) in [6.07, 6.45) is 2.03. The minimum Gasteiger partial charge on any atom is -0.396 e. The number of carbonyl (C=O) groups is 1. The number of halogens is 1. The maximum absolute atomic E-state index is 11.4. The minimum absolute atomic E-state index is 0.0334. The normalized spacial score (nSPS) is 10.1. The number of rotatable bonds is 4. The summed E-state index contributed by atoms with van der Waals surface area (Å²) in [5.74, 6) is 0. The van der Waals surface area contributed by atoms with E-state index < -0.39 is 0 Å². The van der Waals surface area contributed by atoms with Crippen molar-refractivity contribution < 1.29 is 9.90 Å². The summed E-state index contributed by atoms with van der Waals surface area (Å²) in [5, 5.41) is 13.7. The van der Waals surface area contributed by atoms with Gasteiger partial charge in [-0.05, 0) is 28.4 Å². The lowest BCUT2D eigenvalue weighted by Crippen LogP contribution is -2.30. The molecule has 0 aromatic carbocycles. The molecule has 0 atom stereocenters. The molecule has 0 fully saturated rings. The lowest BCUT2D eigenvalue weighted by molar-refractivity contribution is 0.249. The Kier molecular flexibility index (Phi) is 5.17. The van der Waals surface area contributed by atoms with E-state index in [4.69, 9.17) is 5.11 Å². The fourth-order valence-corrected chi connectivity index (χ4v) is 1.72. The number of nitrogens with one attached hydrogen (secondary N) is 2. The summed E-state index contributed by atoms with van der Waals surface area (Å²) in [6, 6.07) is 1.16. The number of aryl methyl sites for hydroxylation is 1. The van der Waals surface area contributed by atoms with Crippen LogP contribution in [0, 0.1) is 0 Å². The van der Waals surface area contributed by atoms with Crippen molar-refractivity contribution in [3.8, 4) is 0 Å². The minimum atomic E-state index is -0.371. The first-order valence-corrected chi connectivity index (χ1v) is 5.86. The molecule has 17 heavy (non-hydrogen) atoms. The lowest BCUT2D eigenvalue weighted by Gasteiger charge is -2.08. The molecule has 94 valence electrons. The SMILES string of the molecule is Cn1cc(NC(=O)NCCCO)cc(Br)c1=O. The van der Waals surface area contributed by atoms with Crippen molar-refractivity contribution >= 4 is 27.6 Å². The summed E-state index contributed by atoms with van der Waals surface area (Å²) in [7, 11) is 1.60. The number of aliphatic hydroxyl groups excluding tert-OH is 1. The number of hydrogen-bond donors (Lipinski definition) is 3. The Morgan fingerprint density at radius 2 is 2.29 bits per heavy atom. The summed E-state index contributed by atoms with van der Waals surface area (Å²) in [6.45, 7) is 0.431. The second kappa shape index (κ2) is 6.41. The molecule has 0 unspecified atom stereocenters. The van der Waals surface area contributed by atoms with Gasteiger partial charge in [-0.3, -0.25) is 4.79 Å². The third kappa shape index (κ3) is 4.20. The number of hydrogen-bond acceptors (Lipinski definition) is 3. The summed E-state index contributed by atoms with van der Waals surface area (Å²) in [4.78, 5) is 22.8. The van der Waals surface area contributed by atoms with Crippen LogP contribution in [0.5, 0.6) is 0 Å². The number of urea groups is 1. The van der Waals surface area contributed by atoms with Crippen molar-refractivity contribution in [1.82, 2.24) is 9.88 Å². The first kappa shape index (κ1) is 13.7. The zero-order valence-electron chi connectivity index (χ0n) is 9.36. The fourth-order valence-electron chi connectivity index (χ4n) is 1.20. The number of aromatic nitrogens is 1. The van der Waals surface area contributed by atoms with Crippen LogP contribution in [0.4, 0.5) is 10.5 Å². The number of aliphatic hydroxyl groups is 1. The van der Waals surface area contributed by atoms with Crippen molar-refractivity contribution in [2.24, 2.45) is 7.05 Å². The lowest BCUT2D eigenvalue weighted by atomic mass is 10.4. The van der Waals surface area contributed by atoms with Crippen LogP contribution in [0.1, 0.15) is 6.42 Å². The number of carbonyl (C=O) groups excluding carboxylic acids is 1. The molecule has 2 amide bonds. The van der Waals surface area contributed by atoms with Crippen LogP contribution >= 0.6 is 15.9 Å². The maximum Gasteiger partial charge on any atom is 0.319 e. The average molecular weight is 304 g/mol. The highest BCUT2D eigenvalue weighted by Gasteiger charge is 2.04. The molecule has 0 saturated carbocycles. The summed E-state index contributed by atoms with van der Waals surface area (Å²) in [5.41, 5.74) is 0.344. The molecule has 0 bridgehead atoms. The summed E-state index contributed by atoms with van der Waals surface area (Å²) < 4.78 is 1.75. The predicted octanol–water partition coefficient (Wildman–Crippen LogP) is 0.652. The van der Waals surface area contributed by atoms with Gasteiger partial charge in [0.15, 0.2) is 0 Å². The van der Waals surface area contributed by atoms with Crippen LogP contribution in [-0.4, -0.2) is 28.9 Å². The van der Waals surface area contributed by atoms with Crippen LogP contribution < -0.4 is 16.2 Å². The van der Waals surface area contributed by atoms with Crippen LogP contribution in [0.15, 0.2) is 21.5 Å². The Morgan fingerprint density at radius 3 is 2.88 bits per heavy atom. The molecule has 7 heteroatoms. The van der Waals surface area contributed by atoms with Gasteiger partial charge in [-0.25, -0.2) is 4.79 Å². The fraction of sp³-hybridized carbons (Fsp3) is 0.400. The molecule has 0 aliphatic rings. The highest BCUT2D eigenvalue weighted by Crippen LogP contribution is 2.10. The van der Waals surface area contributed by atoms with Gasteiger partial charge in [-0.1, -0.05) is 0 Å². The van der Waals surface area contributed by atoms with Crippen molar-refractivity contribution in [3.63, 3.8) is 0 Å². The number of amides is 2. The van der Waals surface area contributed by atoms with E-state index in [1.165, 1.54) is 16.8 Å². The standard InChI is InChI=1S/C10H14BrN3O3/c1-14-6-7(5-8(11)9(14)16)13-10(17)12-3-2-4-15/h5-6,15H,2-4H2,1H3,(H2,12,13,17). The van der Waals surface area contributed by atoms with Crippen molar-refractivity contribution in [2.75, 3.05) is 18.5 Å². The van der Waals surface area contributed by atoms with Crippen molar-refractivity contribution in [3.05, 3.63) is 27.1 Å². The Hall–Kier alpha value is -1.34. The zero-order chi connectivity index (χ0) is 12.8. The van der Waals surface area contributed by atoms with Gasteiger partial charge >= 0.3 is 6.03 Å². The molecule has 0 radical (unpaired) electrons.